The summed E-state index contributed by atoms with van der Waals surface area (Å²) in [4.78, 5) is 31.2. The molecule has 1 atom stereocenters. The van der Waals surface area contributed by atoms with E-state index in [1.165, 1.54) is 18.1 Å². The van der Waals surface area contributed by atoms with E-state index in [-0.39, 0.29) is 29.4 Å². The van der Waals surface area contributed by atoms with Crippen LogP contribution in [-0.2, 0) is 16.0 Å². The number of likely N-dealkylation sites (tertiary alicyclic amines) is 1. The van der Waals surface area contributed by atoms with Gasteiger partial charge in [0.25, 0.3) is 11.7 Å². The lowest BCUT2D eigenvalue weighted by atomic mass is 9.95. The molecule has 2 heterocycles. The minimum absolute atomic E-state index is 0.0333. The Morgan fingerprint density at radius 1 is 1.08 bits per heavy atom. The number of carbonyl (C=O) groups is 2. The predicted molar refractivity (Wildman–Crippen MR) is 137 cm³/mol. The zero-order valence-corrected chi connectivity index (χ0v) is 20.1. The van der Waals surface area contributed by atoms with Crippen LogP contribution in [0.4, 0.5) is 0 Å². The second kappa shape index (κ2) is 9.43. The van der Waals surface area contributed by atoms with Crippen molar-refractivity contribution in [3.05, 3.63) is 100 Å². The topological polar surface area (TPSA) is 103 Å². The molecular formula is C28H23ClN2O5. The highest BCUT2D eigenvalue weighted by Crippen LogP contribution is 2.42. The van der Waals surface area contributed by atoms with Crippen molar-refractivity contribution < 1.29 is 24.5 Å². The third kappa shape index (κ3) is 4.07. The van der Waals surface area contributed by atoms with E-state index < -0.39 is 17.7 Å². The van der Waals surface area contributed by atoms with Gasteiger partial charge in [0, 0.05) is 34.2 Å². The van der Waals surface area contributed by atoms with Crippen molar-refractivity contribution in [2.24, 2.45) is 0 Å². The molecule has 1 saturated heterocycles. The number of rotatable bonds is 6. The number of carbonyl (C=O) groups excluding carboxylic acids is 2. The predicted octanol–water partition coefficient (Wildman–Crippen LogP) is 5.20. The fourth-order valence-electron chi connectivity index (χ4n) is 4.66. The number of hydrogen-bond donors (Lipinski definition) is 3. The number of benzene rings is 3. The van der Waals surface area contributed by atoms with Crippen LogP contribution in [-0.4, -0.2) is 45.4 Å². The van der Waals surface area contributed by atoms with Gasteiger partial charge in [0.15, 0.2) is 11.5 Å². The molecule has 182 valence electrons. The maximum absolute atomic E-state index is 13.3. The number of ketones is 1. The molecule has 0 radical (unpaired) electrons. The molecule has 1 aromatic heterocycles. The number of nitrogens with zero attached hydrogens (tertiary/aromatic N) is 1. The van der Waals surface area contributed by atoms with Crippen LogP contribution in [0.3, 0.4) is 0 Å². The maximum Gasteiger partial charge on any atom is 0.295 e. The van der Waals surface area contributed by atoms with Crippen LogP contribution in [0, 0.1) is 0 Å². The summed E-state index contributed by atoms with van der Waals surface area (Å²) in [7, 11) is 1.42. The van der Waals surface area contributed by atoms with Crippen molar-refractivity contribution in [1.82, 2.24) is 9.88 Å². The lowest BCUT2D eigenvalue weighted by molar-refractivity contribution is -0.139. The van der Waals surface area contributed by atoms with E-state index in [0.717, 1.165) is 16.5 Å². The van der Waals surface area contributed by atoms with Crippen LogP contribution in [0.1, 0.15) is 22.7 Å². The summed E-state index contributed by atoms with van der Waals surface area (Å²) in [6.07, 6.45) is 2.39. The highest BCUT2D eigenvalue weighted by molar-refractivity contribution is 6.46. The van der Waals surface area contributed by atoms with E-state index in [1.54, 1.807) is 36.4 Å². The van der Waals surface area contributed by atoms with Crippen molar-refractivity contribution in [3.8, 4) is 11.5 Å². The summed E-state index contributed by atoms with van der Waals surface area (Å²) < 4.78 is 5.26. The number of ether oxygens (including phenoxy) is 1. The fourth-order valence-corrected chi connectivity index (χ4v) is 4.79. The van der Waals surface area contributed by atoms with Gasteiger partial charge in [-0.25, -0.2) is 0 Å². The highest BCUT2D eigenvalue weighted by Gasteiger charge is 2.46. The van der Waals surface area contributed by atoms with Crippen LogP contribution in [0.15, 0.2) is 78.5 Å². The minimum atomic E-state index is -0.875. The standard InChI is InChI=1S/C28H23ClN2O5/c1-36-23-14-17(8-11-22(23)32)25-24(26(33)16-6-9-19(29)10-7-16)27(34)28(35)31(25)13-12-18-15-30-21-5-3-2-4-20(18)21/h2-11,14-15,25,30,32-33H,12-13H2,1H3/b26-24-. The van der Waals surface area contributed by atoms with Crippen LogP contribution >= 0.6 is 11.6 Å². The van der Waals surface area contributed by atoms with Gasteiger partial charge in [-0.2, -0.15) is 0 Å². The lowest BCUT2D eigenvalue weighted by Gasteiger charge is -2.25. The number of nitrogens with one attached hydrogen (secondary N) is 1. The average Bonchev–Trinajstić information content (AvgIpc) is 3.41. The van der Waals surface area contributed by atoms with Gasteiger partial charge in [-0.3, -0.25) is 9.59 Å². The molecule has 5 rings (SSSR count). The van der Waals surface area contributed by atoms with Crippen LogP contribution in [0.2, 0.25) is 5.02 Å². The summed E-state index contributed by atoms with van der Waals surface area (Å²) in [5.41, 5.74) is 2.85. The number of amides is 1. The van der Waals surface area contributed by atoms with Gasteiger partial charge in [0.1, 0.15) is 5.76 Å². The van der Waals surface area contributed by atoms with Gasteiger partial charge < -0.3 is 24.8 Å². The number of Topliss-reactive ketones (excluding diaryl/α,β-unsaturated/α-hetero) is 1. The Balaban J connectivity index is 1.59. The lowest BCUT2D eigenvalue weighted by Crippen LogP contribution is -2.31. The number of hydrogen-bond acceptors (Lipinski definition) is 5. The molecule has 1 aliphatic heterocycles. The van der Waals surface area contributed by atoms with Crippen molar-refractivity contribution >= 4 is 40.0 Å². The Labute approximate surface area is 212 Å². The van der Waals surface area contributed by atoms with E-state index >= 15 is 0 Å². The molecule has 36 heavy (non-hydrogen) atoms. The molecule has 7 nitrogen and oxygen atoms in total. The Morgan fingerprint density at radius 3 is 2.58 bits per heavy atom. The van der Waals surface area contributed by atoms with Gasteiger partial charge in [0.2, 0.25) is 0 Å². The number of halogens is 1. The second-order valence-corrected chi connectivity index (χ2v) is 8.98. The molecule has 1 fully saturated rings. The number of aliphatic hydroxyl groups excluding tert-OH is 1. The monoisotopic (exact) mass is 502 g/mol. The maximum atomic E-state index is 13.3. The molecule has 0 saturated carbocycles. The Morgan fingerprint density at radius 2 is 1.83 bits per heavy atom. The first-order chi connectivity index (χ1) is 17.4. The Hall–Kier alpha value is -4.23. The summed E-state index contributed by atoms with van der Waals surface area (Å²) in [5.74, 6) is -1.66. The number of para-hydroxylation sites is 1. The Kier molecular flexibility index (Phi) is 6.16. The van der Waals surface area contributed by atoms with Crippen LogP contribution in [0.5, 0.6) is 11.5 Å². The van der Waals surface area contributed by atoms with Crippen LogP contribution < -0.4 is 4.74 Å². The first kappa shape index (κ1) is 23.5. The molecule has 8 heteroatoms. The van der Waals surface area contributed by atoms with Gasteiger partial charge in [-0.1, -0.05) is 35.9 Å². The van der Waals surface area contributed by atoms with Crippen molar-refractivity contribution in [3.63, 3.8) is 0 Å². The number of aliphatic hydroxyl groups is 1. The van der Waals surface area contributed by atoms with E-state index in [4.69, 9.17) is 16.3 Å². The van der Waals surface area contributed by atoms with E-state index in [1.807, 2.05) is 30.5 Å². The van der Waals surface area contributed by atoms with Crippen molar-refractivity contribution in [2.45, 2.75) is 12.5 Å². The molecule has 0 aliphatic carbocycles. The number of aromatic hydroxyl groups is 1. The zero-order chi connectivity index (χ0) is 25.4. The molecule has 1 amide bonds. The third-order valence-corrected chi connectivity index (χ3v) is 6.73. The van der Waals surface area contributed by atoms with Crippen LogP contribution in [0.25, 0.3) is 16.7 Å². The molecule has 1 aliphatic rings. The van der Waals surface area contributed by atoms with E-state index in [9.17, 15) is 19.8 Å². The number of methoxy groups -OCH3 is 1. The normalized spacial score (nSPS) is 17.2. The van der Waals surface area contributed by atoms with Crippen molar-refractivity contribution in [1.29, 1.82) is 0 Å². The molecule has 1 unspecified atom stereocenters. The quantitative estimate of drug-likeness (QED) is 0.191. The van der Waals surface area contributed by atoms with Gasteiger partial charge in [-0.05, 0) is 60.0 Å². The number of phenols is 1. The van der Waals surface area contributed by atoms with Gasteiger partial charge >= 0.3 is 0 Å². The summed E-state index contributed by atoms with van der Waals surface area (Å²) in [5, 5.41) is 22.8. The van der Waals surface area contributed by atoms with E-state index in [0.29, 0.717) is 22.6 Å². The number of aromatic amines is 1. The SMILES string of the molecule is COc1cc(C2/C(=C(/O)c3ccc(Cl)cc3)C(=O)C(=O)N2CCc2c[nH]c3ccccc23)ccc1O. The number of phenolic OH excluding ortho intramolecular Hbond substituents is 1. The third-order valence-electron chi connectivity index (χ3n) is 6.47. The summed E-state index contributed by atoms with van der Waals surface area (Å²) in [6, 6.07) is 18.0. The fraction of sp³-hybridized carbons (Fsp3) is 0.143. The molecular weight excluding hydrogens is 480 g/mol. The van der Waals surface area contributed by atoms with Gasteiger partial charge in [0.05, 0.1) is 18.7 Å². The van der Waals surface area contributed by atoms with Gasteiger partial charge in [-0.15, -0.1) is 0 Å². The average molecular weight is 503 g/mol. The van der Waals surface area contributed by atoms with Crippen molar-refractivity contribution in [2.75, 3.05) is 13.7 Å². The number of aromatic nitrogens is 1. The smallest absolute Gasteiger partial charge is 0.295 e. The second-order valence-electron chi connectivity index (χ2n) is 8.54. The highest BCUT2D eigenvalue weighted by atomic mass is 35.5. The molecule has 0 bridgehead atoms. The molecule has 0 spiro atoms. The Bertz CT molecular complexity index is 1510. The first-order valence-electron chi connectivity index (χ1n) is 11.3. The number of fused-ring (bicyclic) bond motifs is 1. The summed E-state index contributed by atoms with van der Waals surface area (Å²) in [6.45, 7) is 0.234. The largest absolute Gasteiger partial charge is 0.507 e. The molecule has 3 N–H and O–H groups in total. The van der Waals surface area contributed by atoms with E-state index in [2.05, 4.69) is 4.98 Å². The minimum Gasteiger partial charge on any atom is -0.507 e. The molecule has 3 aromatic carbocycles. The number of H-pyrrole nitrogens is 1. The molecule has 4 aromatic rings. The first-order valence-corrected chi connectivity index (χ1v) is 11.7. The zero-order valence-electron chi connectivity index (χ0n) is 19.4. The summed E-state index contributed by atoms with van der Waals surface area (Å²) >= 11 is 5.99.